The largest absolute Gasteiger partial charge is 0.493 e. The average molecular weight is 497 g/mol. The van der Waals surface area contributed by atoms with Crippen LogP contribution in [0.1, 0.15) is 17.3 Å². The Morgan fingerprint density at radius 3 is 2.62 bits per heavy atom. The van der Waals surface area contributed by atoms with Crippen molar-refractivity contribution < 1.29 is 22.7 Å². The zero-order chi connectivity index (χ0) is 22.9. The van der Waals surface area contributed by atoms with Crippen LogP contribution in [0.25, 0.3) is 11.0 Å². The third-order valence-electron chi connectivity index (χ3n) is 5.16. The Hall–Kier alpha value is -2.47. The minimum atomic E-state index is -3.76. The van der Waals surface area contributed by atoms with E-state index in [1.54, 1.807) is 23.1 Å². The Kier molecular flexibility index (Phi) is 6.52. The van der Waals surface area contributed by atoms with E-state index < -0.39 is 10.0 Å². The highest BCUT2D eigenvalue weighted by atomic mass is 35.5. The normalized spacial score (nSPS) is 15.2. The fraction of sp³-hybridized carbons (Fsp3) is 0.350. The van der Waals surface area contributed by atoms with Gasteiger partial charge in [0.1, 0.15) is 15.9 Å². The quantitative estimate of drug-likeness (QED) is 0.517. The summed E-state index contributed by atoms with van der Waals surface area (Å²) in [4.78, 5) is 14.8. The van der Waals surface area contributed by atoms with Crippen molar-refractivity contribution in [2.24, 2.45) is 0 Å². The molecule has 32 heavy (non-hydrogen) atoms. The van der Waals surface area contributed by atoms with E-state index >= 15 is 0 Å². The van der Waals surface area contributed by atoms with Crippen LogP contribution in [-0.2, 0) is 10.0 Å². The fourth-order valence-electron chi connectivity index (χ4n) is 3.57. The standard InChI is InChI=1S/C20H21ClN4O5S2/c1-3-30-19-14(21)11-13(12-16(19)29-2)20(26)24-7-9-25(10-8-24)32(27,28)17-6-4-5-15-18(17)23-31-22-15/h4-6,11-12H,3,7-10H2,1-2H3. The van der Waals surface area contributed by atoms with Crippen molar-refractivity contribution in [3.8, 4) is 11.5 Å². The molecule has 2 heterocycles. The molecule has 170 valence electrons. The van der Waals surface area contributed by atoms with E-state index in [1.807, 2.05) is 6.92 Å². The maximum Gasteiger partial charge on any atom is 0.254 e. The van der Waals surface area contributed by atoms with E-state index in [0.29, 0.717) is 34.7 Å². The topological polar surface area (TPSA) is 102 Å². The molecular weight excluding hydrogens is 476 g/mol. The molecule has 0 atom stereocenters. The summed E-state index contributed by atoms with van der Waals surface area (Å²) in [6.45, 7) is 3.07. The summed E-state index contributed by atoms with van der Waals surface area (Å²) in [5, 5.41) is 0.278. The number of carbonyl (C=O) groups is 1. The number of piperazine rings is 1. The van der Waals surface area contributed by atoms with Gasteiger partial charge in [-0.15, -0.1) is 0 Å². The number of carbonyl (C=O) groups excluding carboxylic acids is 1. The Bertz CT molecular complexity index is 1260. The van der Waals surface area contributed by atoms with Crippen LogP contribution in [0.5, 0.6) is 11.5 Å². The maximum absolute atomic E-state index is 13.2. The van der Waals surface area contributed by atoms with Gasteiger partial charge in [0, 0.05) is 31.7 Å². The fourth-order valence-corrected chi connectivity index (χ4v) is 6.01. The molecule has 0 N–H and O–H groups in total. The van der Waals surface area contributed by atoms with E-state index in [9.17, 15) is 13.2 Å². The number of fused-ring (bicyclic) bond motifs is 1. The summed E-state index contributed by atoms with van der Waals surface area (Å²) in [7, 11) is -2.28. The van der Waals surface area contributed by atoms with Gasteiger partial charge in [-0.3, -0.25) is 4.79 Å². The second-order valence-electron chi connectivity index (χ2n) is 7.01. The van der Waals surface area contributed by atoms with Gasteiger partial charge in [0.15, 0.2) is 11.5 Å². The smallest absolute Gasteiger partial charge is 0.254 e. The number of rotatable bonds is 6. The Labute approximate surface area is 194 Å². The first-order valence-electron chi connectivity index (χ1n) is 9.88. The number of ether oxygens (including phenoxy) is 2. The molecule has 0 saturated carbocycles. The number of benzene rings is 2. The second kappa shape index (κ2) is 9.18. The van der Waals surface area contributed by atoms with Crippen LogP contribution in [0.2, 0.25) is 5.02 Å². The maximum atomic E-state index is 13.2. The van der Waals surface area contributed by atoms with Crippen molar-refractivity contribution in [3.05, 3.63) is 40.9 Å². The number of sulfonamides is 1. The van der Waals surface area contributed by atoms with Crippen LogP contribution in [0.4, 0.5) is 0 Å². The second-order valence-corrected chi connectivity index (χ2v) is 9.85. The van der Waals surface area contributed by atoms with E-state index in [-0.39, 0.29) is 42.0 Å². The molecule has 3 aromatic rings. The van der Waals surface area contributed by atoms with E-state index in [4.69, 9.17) is 21.1 Å². The van der Waals surface area contributed by atoms with Gasteiger partial charge in [0.2, 0.25) is 10.0 Å². The van der Waals surface area contributed by atoms with Crippen LogP contribution >= 0.6 is 23.3 Å². The molecule has 1 aliphatic heterocycles. The van der Waals surface area contributed by atoms with Gasteiger partial charge in [-0.05, 0) is 31.2 Å². The highest BCUT2D eigenvalue weighted by Gasteiger charge is 2.32. The molecule has 0 aliphatic carbocycles. The summed E-state index contributed by atoms with van der Waals surface area (Å²) in [6.07, 6.45) is 0. The van der Waals surface area contributed by atoms with Crippen LogP contribution in [0.15, 0.2) is 35.2 Å². The predicted molar refractivity (Wildman–Crippen MR) is 121 cm³/mol. The van der Waals surface area contributed by atoms with Gasteiger partial charge in [0.25, 0.3) is 5.91 Å². The molecule has 1 aromatic heterocycles. The first kappa shape index (κ1) is 22.7. The molecule has 12 heteroatoms. The number of methoxy groups -OCH3 is 1. The number of aromatic nitrogens is 2. The summed E-state index contributed by atoms with van der Waals surface area (Å²) in [6, 6.07) is 8.03. The molecule has 9 nitrogen and oxygen atoms in total. The lowest BCUT2D eigenvalue weighted by Crippen LogP contribution is -2.50. The molecule has 1 aliphatic rings. The van der Waals surface area contributed by atoms with Crippen molar-refractivity contribution in [3.63, 3.8) is 0 Å². The number of hydrogen-bond acceptors (Lipinski definition) is 8. The van der Waals surface area contributed by atoms with E-state index in [2.05, 4.69) is 8.75 Å². The highest BCUT2D eigenvalue weighted by molar-refractivity contribution is 7.89. The number of halogens is 1. The monoisotopic (exact) mass is 496 g/mol. The predicted octanol–water partition coefficient (Wildman–Crippen LogP) is 2.90. The molecule has 1 amide bonds. The molecule has 0 unspecified atom stereocenters. The van der Waals surface area contributed by atoms with Crippen LogP contribution in [0, 0.1) is 0 Å². The summed E-state index contributed by atoms with van der Waals surface area (Å²) < 4.78 is 46.8. The average Bonchev–Trinajstić information content (AvgIpc) is 3.28. The zero-order valence-corrected chi connectivity index (χ0v) is 19.8. The lowest BCUT2D eigenvalue weighted by Gasteiger charge is -2.34. The first-order valence-corrected chi connectivity index (χ1v) is 12.4. The van der Waals surface area contributed by atoms with Gasteiger partial charge >= 0.3 is 0 Å². The van der Waals surface area contributed by atoms with Crippen molar-refractivity contribution in [2.45, 2.75) is 11.8 Å². The van der Waals surface area contributed by atoms with Gasteiger partial charge in [0.05, 0.1) is 30.5 Å². The highest BCUT2D eigenvalue weighted by Crippen LogP contribution is 2.37. The summed E-state index contributed by atoms with van der Waals surface area (Å²) in [5.41, 5.74) is 1.27. The van der Waals surface area contributed by atoms with Gasteiger partial charge < -0.3 is 14.4 Å². The van der Waals surface area contributed by atoms with Crippen molar-refractivity contribution in [2.75, 3.05) is 39.9 Å². The third-order valence-corrected chi connectivity index (χ3v) is 7.91. The molecule has 4 rings (SSSR count). The molecular formula is C20H21ClN4O5S2. The van der Waals surface area contributed by atoms with Crippen LogP contribution in [0.3, 0.4) is 0 Å². The number of amides is 1. The SMILES string of the molecule is CCOc1c(Cl)cc(C(=O)N2CCN(S(=O)(=O)c3cccc4nsnc34)CC2)cc1OC. The molecule has 1 saturated heterocycles. The Balaban J connectivity index is 1.51. The molecule has 0 spiro atoms. The molecule has 0 radical (unpaired) electrons. The lowest BCUT2D eigenvalue weighted by molar-refractivity contribution is 0.0697. The first-order chi connectivity index (χ1) is 15.4. The Morgan fingerprint density at radius 2 is 1.94 bits per heavy atom. The summed E-state index contributed by atoms with van der Waals surface area (Å²) in [5.74, 6) is 0.500. The minimum Gasteiger partial charge on any atom is -0.493 e. The minimum absolute atomic E-state index is 0.131. The van der Waals surface area contributed by atoms with E-state index in [0.717, 1.165) is 11.7 Å². The van der Waals surface area contributed by atoms with Crippen LogP contribution in [-0.4, -0.2) is 72.2 Å². The summed E-state index contributed by atoms with van der Waals surface area (Å²) >= 11 is 7.26. The zero-order valence-electron chi connectivity index (χ0n) is 17.4. The van der Waals surface area contributed by atoms with Gasteiger partial charge in [-0.2, -0.15) is 13.1 Å². The van der Waals surface area contributed by atoms with E-state index in [1.165, 1.54) is 23.5 Å². The molecule has 2 aromatic carbocycles. The third kappa shape index (κ3) is 4.13. The van der Waals surface area contributed by atoms with Gasteiger partial charge in [-0.1, -0.05) is 17.7 Å². The number of hydrogen-bond donors (Lipinski definition) is 0. The van der Waals surface area contributed by atoms with Crippen molar-refractivity contribution in [1.82, 2.24) is 18.0 Å². The molecule has 0 bridgehead atoms. The molecule has 1 fully saturated rings. The Morgan fingerprint density at radius 1 is 1.19 bits per heavy atom. The lowest BCUT2D eigenvalue weighted by atomic mass is 10.1. The van der Waals surface area contributed by atoms with Crippen molar-refractivity contribution in [1.29, 1.82) is 0 Å². The van der Waals surface area contributed by atoms with Crippen molar-refractivity contribution >= 4 is 50.3 Å². The van der Waals surface area contributed by atoms with Gasteiger partial charge in [-0.25, -0.2) is 8.42 Å². The number of nitrogens with zero attached hydrogens (tertiary/aromatic N) is 4. The van der Waals surface area contributed by atoms with Crippen LogP contribution < -0.4 is 9.47 Å².